The monoisotopic (exact) mass is 553 g/mol. The second-order valence-electron chi connectivity index (χ2n) is 8.16. The van der Waals surface area contributed by atoms with Gasteiger partial charge in [-0.1, -0.05) is 0 Å². The van der Waals surface area contributed by atoms with Crippen molar-refractivity contribution < 1.29 is 61.3 Å². The van der Waals surface area contributed by atoms with Crippen molar-refractivity contribution in [3.63, 3.8) is 0 Å². The van der Waals surface area contributed by atoms with E-state index in [0.29, 0.717) is 0 Å². The maximum atomic E-state index is 13.7. The third-order valence-corrected chi connectivity index (χ3v) is 7.31. The second kappa shape index (κ2) is 13.8. The molecule has 1 aliphatic rings. The Balaban J connectivity index is 3.93. The van der Waals surface area contributed by atoms with Crippen molar-refractivity contribution in [2.75, 3.05) is 13.2 Å². The Morgan fingerprint density at radius 3 is 1.81 bits per heavy atom. The van der Waals surface area contributed by atoms with Crippen LogP contribution in [-0.4, -0.2) is 79.0 Å². The number of carbonyl (C=O) groups is 5. The summed E-state index contributed by atoms with van der Waals surface area (Å²) in [6, 6.07) is -1.34. The van der Waals surface area contributed by atoms with Gasteiger partial charge in [-0.15, -0.1) is 0 Å². The molecule has 1 rings (SSSR count). The third kappa shape index (κ3) is 8.77. The topological polar surface area (TPSA) is 179 Å². The predicted octanol–water partition coefficient (Wildman–Crippen LogP) is 1.58. The highest BCUT2D eigenvalue weighted by Gasteiger charge is 2.63. The van der Waals surface area contributed by atoms with Crippen molar-refractivity contribution in [3.8, 4) is 0 Å². The highest BCUT2D eigenvalue weighted by atomic mass is 31.2. The predicted molar refractivity (Wildman–Crippen MR) is 125 cm³/mol. The molecule has 1 fully saturated rings. The molecule has 0 bridgehead atoms. The van der Waals surface area contributed by atoms with Gasteiger partial charge in [-0.2, -0.15) is 0 Å². The summed E-state index contributed by atoms with van der Waals surface area (Å²) in [5.74, 6) is -8.14. The van der Waals surface area contributed by atoms with Gasteiger partial charge >= 0.3 is 37.3 Å². The number of rotatable bonds is 12. The van der Waals surface area contributed by atoms with Crippen molar-refractivity contribution in [1.82, 2.24) is 5.32 Å². The lowest BCUT2D eigenvalue weighted by Crippen LogP contribution is -2.70. The fourth-order valence-electron chi connectivity index (χ4n) is 4.01. The summed E-state index contributed by atoms with van der Waals surface area (Å²) < 4.78 is 52.2. The zero-order chi connectivity index (χ0) is 28.6. The van der Waals surface area contributed by atoms with Crippen LogP contribution in [0.4, 0.5) is 0 Å². The van der Waals surface area contributed by atoms with Crippen LogP contribution in [0.25, 0.3) is 0 Å². The van der Waals surface area contributed by atoms with Gasteiger partial charge in [0.05, 0.1) is 19.3 Å². The van der Waals surface area contributed by atoms with E-state index in [4.69, 9.17) is 32.7 Å². The first-order chi connectivity index (χ1) is 17.1. The number of hydrogen-bond acceptors (Lipinski definition) is 13. The van der Waals surface area contributed by atoms with Crippen LogP contribution in [0.2, 0.25) is 0 Å². The maximum absolute atomic E-state index is 13.7. The molecule has 1 aliphatic heterocycles. The Bertz CT molecular complexity index is 881. The first kappa shape index (κ1) is 32.5. The van der Waals surface area contributed by atoms with Crippen molar-refractivity contribution >= 4 is 37.4 Å². The summed E-state index contributed by atoms with van der Waals surface area (Å²) in [7, 11) is -4.08. The van der Waals surface area contributed by atoms with Crippen molar-refractivity contribution in [2.24, 2.45) is 0 Å². The molecular formula is C22H36NO13P. The van der Waals surface area contributed by atoms with Gasteiger partial charge in [0, 0.05) is 41.0 Å². The van der Waals surface area contributed by atoms with Gasteiger partial charge in [-0.25, -0.2) is 0 Å². The average Bonchev–Trinajstić information content (AvgIpc) is 2.72. The van der Waals surface area contributed by atoms with Crippen LogP contribution in [0, 0.1) is 0 Å². The van der Waals surface area contributed by atoms with Crippen LogP contribution in [0.5, 0.6) is 0 Å². The highest BCUT2D eigenvalue weighted by Crippen LogP contribution is 2.57. The lowest BCUT2D eigenvalue weighted by Gasteiger charge is -2.49. The summed E-state index contributed by atoms with van der Waals surface area (Å²) in [5.41, 5.74) is 0. The fraction of sp³-hybridized carbons (Fsp3) is 0.773. The molecule has 5 unspecified atom stereocenters. The van der Waals surface area contributed by atoms with E-state index in [2.05, 4.69) is 5.32 Å². The summed E-state index contributed by atoms with van der Waals surface area (Å²) in [6.07, 6.45) is -4.78. The Morgan fingerprint density at radius 1 is 0.919 bits per heavy atom. The largest absolute Gasteiger partial charge is 0.460 e. The van der Waals surface area contributed by atoms with Crippen molar-refractivity contribution in [3.05, 3.63) is 0 Å². The number of ether oxygens (including phenoxy) is 5. The zero-order valence-electron chi connectivity index (χ0n) is 22.3. The number of carbonyl (C=O) groups excluding carboxylic acids is 5. The van der Waals surface area contributed by atoms with E-state index in [-0.39, 0.29) is 19.6 Å². The molecule has 212 valence electrons. The lowest BCUT2D eigenvalue weighted by atomic mass is 9.89. The summed E-state index contributed by atoms with van der Waals surface area (Å²) in [4.78, 5) is 60.5. The molecule has 0 aliphatic carbocycles. The summed E-state index contributed by atoms with van der Waals surface area (Å²) in [5, 5.41) is 2.55. The Labute approximate surface area is 215 Å². The van der Waals surface area contributed by atoms with Gasteiger partial charge < -0.3 is 38.0 Å². The van der Waals surface area contributed by atoms with Crippen molar-refractivity contribution in [1.29, 1.82) is 0 Å². The molecular weight excluding hydrogens is 517 g/mol. The third-order valence-electron chi connectivity index (χ3n) is 5.03. The minimum absolute atomic E-state index is 0.0436. The smallest absolute Gasteiger partial charge is 0.359 e. The molecule has 0 aromatic carbocycles. The molecule has 37 heavy (non-hydrogen) atoms. The Kier molecular flexibility index (Phi) is 12.2. The molecule has 0 aromatic heterocycles. The van der Waals surface area contributed by atoms with E-state index in [1.807, 2.05) is 0 Å². The first-order valence-electron chi connectivity index (χ1n) is 11.7. The van der Waals surface area contributed by atoms with E-state index < -0.39 is 73.4 Å². The SMILES string of the molecule is CCOP(=O)(OCC)C1CC(OC(C)=O)C(NC(C)=O)C(C(OC(C)=O)(OC(C)=O)C(C)OC(C)=O)O1. The van der Waals surface area contributed by atoms with E-state index in [1.54, 1.807) is 13.8 Å². The quantitative estimate of drug-likeness (QED) is 0.159. The minimum Gasteiger partial charge on any atom is -0.460 e. The number of amides is 1. The zero-order valence-corrected chi connectivity index (χ0v) is 23.2. The average molecular weight is 553 g/mol. The van der Waals surface area contributed by atoms with Gasteiger partial charge in [0.2, 0.25) is 5.91 Å². The molecule has 15 heteroatoms. The normalized spacial score (nSPS) is 22.8. The van der Waals surface area contributed by atoms with Crippen LogP contribution in [0.15, 0.2) is 0 Å². The summed E-state index contributed by atoms with van der Waals surface area (Å²) >= 11 is 0. The molecule has 1 N–H and O–H groups in total. The van der Waals surface area contributed by atoms with Gasteiger partial charge in [0.15, 0.2) is 18.1 Å². The fourth-order valence-corrected chi connectivity index (χ4v) is 5.89. The summed E-state index contributed by atoms with van der Waals surface area (Å²) in [6.45, 7) is 9.66. The van der Waals surface area contributed by atoms with Crippen molar-refractivity contribution in [2.45, 2.75) is 97.8 Å². The second-order valence-corrected chi connectivity index (χ2v) is 10.3. The number of hydrogen-bond donors (Lipinski definition) is 1. The van der Waals surface area contributed by atoms with E-state index >= 15 is 0 Å². The van der Waals surface area contributed by atoms with Crippen LogP contribution in [-0.2, 0) is 61.3 Å². The molecule has 0 saturated carbocycles. The molecule has 14 nitrogen and oxygen atoms in total. The molecule has 5 atom stereocenters. The molecule has 1 heterocycles. The van der Waals surface area contributed by atoms with E-state index in [1.165, 1.54) is 6.92 Å². The van der Waals surface area contributed by atoms with Crippen LogP contribution in [0.3, 0.4) is 0 Å². The van der Waals surface area contributed by atoms with E-state index in [9.17, 15) is 28.5 Å². The number of esters is 4. The highest BCUT2D eigenvalue weighted by molar-refractivity contribution is 7.54. The molecule has 0 spiro atoms. The van der Waals surface area contributed by atoms with Gasteiger partial charge in [0.1, 0.15) is 6.10 Å². The van der Waals surface area contributed by atoms with Gasteiger partial charge in [-0.3, -0.25) is 28.5 Å². The Hall–Kier alpha value is -2.54. The molecule has 0 radical (unpaired) electrons. The number of nitrogens with one attached hydrogen (secondary N) is 1. The lowest BCUT2D eigenvalue weighted by molar-refractivity contribution is -0.317. The van der Waals surface area contributed by atoms with Gasteiger partial charge in [-0.05, 0) is 20.8 Å². The van der Waals surface area contributed by atoms with E-state index in [0.717, 1.165) is 34.6 Å². The molecule has 1 saturated heterocycles. The van der Waals surface area contributed by atoms with Crippen LogP contribution in [0.1, 0.15) is 61.8 Å². The van der Waals surface area contributed by atoms with Crippen LogP contribution < -0.4 is 5.32 Å². The minimum atomic E-state index is -4.08. The standard InChI is InChI=1S/C22H36NO13P/c1-9-30-37(29,31-10-2)19-11-18(33-15(6)26)20(23-13(4)24)21(34-19)22(35-16(7)27,36-17(8)28)12(3)32-14(5)25/h12,18-21H,9-11H2,1-8H3,(H,23,24). The first-order valence-corrected chi connectivity index (χ1v) is 13.3. The molecule has 0 aromatic rings. The van der Waals surface area contributed by atoms with Gasteiger partial charge in [0.25, 0.3) is 0 Å². The maximum Gasteiger partial charge on any atom is 0.359 e. The Morgan fingerprint density at radius 2 is 1.43 bits per heavy atom. The molecule has 1 amide bonds. The van der Waals surface area contributed by atoms with Crippen LogP contribution >= 0.6 is 7.60 Å².